The molecule has 9 heteroatoms. The molecule has 1 aromatic carbocycles. The Morgan fingerprint density at radius 2 is 2.00 bits per heavy atom. The van der Waals surface area contributed by atoms with Gasteiger partial charge in [-0.2, -0.15) is 17.5 Å². The highest BCUT2D eigenvalue weighted by Gasteiger charge is 2.39. The molecule has 2 rings (SSSR count). The van der Waals surface area contributed by atoms with Crippen molar-refractivity contribution >= 4 is 33.4 Å². The van der Waals surface area contributed by atoms with Crippen LogP contribution in [-0.4, -0.2) is 36.9 Å². The van der Waals surface area contributed by atoms with Gasteiger partial charge in [0, 0.05) is 17.3 Å². The molecule has 3 nitrogen and oxygen atoms in total. The average Bonchev–Trinajstić information content (AvgIpc) is 2.86. The third kappa shape index (κ3) is 4.28. The van der Waals surface area contributed by atoms with E-state index in [9.17, 15) is 21.6 Å². The van der Waals surface area contributed by atoms with Gasteiger partial charge in [-0.05, 0) is 11.6 Å². The molecular formula is C12H13ClF3NO2S2. The minimum Gasteiger partial charge on any atom is -0.212 e. The Morgan fingerprint density at radius 1 is 1.33 bits per heavy atom. The van der Waals surface area contributed by atoms with Gasteiger partial charge >= 0.3 is 6.18 Å². The summed E-state index contributed by atoms with van der Waals surface area (Å²) in [5, 5.41) is -0.148. The number of alkyl halides is 3. The van der Waals surface area contributed by atoms with Crippen LogP contribution in [0, 0.1) is 0 Å². The number of nitrogens with zero attached hydrogens (tertiary/aromatic N) is 1. The van der Waals surface area contributed by atoms with E-state index in [0.29, 0.717) is 16.3 Å². The van der Waals surface area contributed by atoms with Crippen LogP contribution >= 0.6 is 23.4 Å². The van der Waals surface area contributed by atoms with E-state index >= 15 is 0 Å². The third-order valence-electron chi connectivity index (χ3n) is 3.02. The van der Waals surface area contributed by atoms with Gasteiger partial charge in [-0.3, -0.25) is 0 Å². The summed E-state index contributed by atoms with van der Waals surface area (Å²) in [6.07, 6.45) is -5.83. The van der Waals surface area contributed by atoms with E-state index in [0.717, 1.165) is 4.31 Å². The maximum absolute atomic E-state index is 12.2. The molecule has 0 N–H and O–H groups in total. The largest absolute Gasteiger partial charge is 0.390 e. The van der Waals surface area contributed by atoms with Gasteiger partial charge in [0.25, 0.3) is 0 Å². The highest BCUT2D eigenvalue weighted by atomic mass is 35.5. The van der Waals surface area contributed by atoms with Gasteiger partial charge in [-0.25, -0.2) is 8.42 Å². The molecule has 0 saturated carbocycles. The van der Waals surface area contributed by atoms with Crippen LogP contribution in [0.5, 0.6) is 0 Å². The van der Waals surface area contributed by atoms with Crippen molar-refractivity contribution in [2.45, 2.75) is 18.0 Å². The molecule has 1 aliphatic rings. The standard InChI is InChI=1S/C12H13ClF3NO2S2/c13-10-4-2-1-3-9(10)11-17(6-7-20-11)21(18,19)8-5-12(14,15)16/h1-4,11H,5-8H2. The molecule has 0 radical (unpaired) electrons. The van der Waals surface area contributed by atoms with Crippen molar-refractivity contribution < 1.29 is 21.6 Å². The van der Waals surface area contributed by atoms with Gasteiger partial charge in [0.2, 0.25) is 10.0 Å². The lowest BCUT2D eigenvalue weighted by atomic mass is 10.2. The van der Waals surface area contributed by atoms with Crippen LogP contribution in [0.3, 0.4) is 0 Å². The summed E-state index contributed by atoms with van der Waals surface area (Å²) >= 11 is 7.41. The molecular weight excluding hydrogens is 347 g/mol. The van der Waals surface area contributed by atoms with Crippen molar-refractivity contribution in [3.05, 3.63) is 34.9 Å². The molecule has 0 aliphatic carbocycles. The molecule has 0 aromatic heterocycles. The summed E-state index contributed by atoms with van der Waals surface area (Å²) in [5.41, 5.74) is 0.609. The summed E-state index contributed by atoms with van der Waals surface area (Å²) in [6.45, 7) is 0.195. The molecule has 1 heterocycles. The summed E-state index contributed by atoms with van der Waals surface area (Å²) in [4.78, 5) is 0. The average molecular weight is 360 g/mol. The Labute approximate surface area is 130 Å². The molecule has 1 atom stereocenters. The topological polar surface area (TPSA) is 37.4 Å². The number of thioether (sulfide) groups is 1. The number of hydrogen-bond acceptors (Lipinski definition) is 3. The Balaban J connectivity index is 2.20. The Morgan fingerprint density at radius 3 is 2.62 bits per heavy atom. The van der Waals surface area contributed by atoms with Crippen LogP contribution in [0.15, 0.2) is 24.3 Å². The molecule has 21 heavy (non-hydrogen) atoms. The highest BCUT2D eigenvalue weighted by Crippen LogP contribution is 2.42. The second-order valence-corrected chi connectivity index (χ2v) is 8.17. The quantitative estimate of drug-likeness (QED) is 0.823. The summed E-state index contributed by atoms with van der Waals surface area (Å²) < 4.78 is 62.1. The highest BCUT2D eigenvalue weighted by molar-refractivity contribution is 8.01. The first kappa shape index (κ1) is 16.9. The maximum Gasteiger partial charge on any atom is 0.390 e. The van der Waals surface area contributed by atoms with E-state index in [1.165, 1.54) is 11.8 Å². The van der Waals surface area contributed by atoms with Crippen molar-refractivity contribution in [3.8, 4) is 0 Å². The number of halogens is 4. The minimum atomic E-state index is -4.49. The zero-order chi connectivity index (χ0) is 15.7. The van der Waals surface area contributed by atoms with E-state index in [1.807, 2.05) is 0 Å². The van der Waals surface area contributed by atoms with Crippen molar-refractivity contribution in [1.82, 2.24) is 4.31 Å². The first-order valence-electron chi connectivity index (χ1n) is 6.13. The number of hydrogen-bond donors (Lipinski definition) is 0. The van der Waals surface area contributed by atoms with Crippen LogP contribution in [0.2, 0.25) is 5.02 Å². The Hall–Kier alpha value is -0.440. The first-order valence-corrected chi connectivity index (χ1v) is 9.16. The zero-order valence-corrected chi connectivity index (χ0v) is 13.2. The van der Waals surface area contributed by atoms with E-state index in [-0.39, 0.29) is 6.54 Å². The van der Waals surface area contributed by atoms with Gasteiger partial charge in [0.05, 0.1) is 17.5 Å². The predicted octanol–water partition coefficient (Wildman–Crippen LogP) is 3.67. The van der Waals surface area contributed by atoms with Crippen LogP contribution in [-0.2, 0) is 10.0 Å². The van der Waals surface area contributed by atoms with E-state index in [4.69, 9.17) is 11.6 Å². The summed E-state index contributed by atoms with van der Waals surface area (Å²) in [6, 6.07) is 6.77. The lowest BCUT2D eigenvalue weighted by Crippen LogP contribution is -2.34. The fourth-order valence-corrected chi connectivity index (χ4v) is 5.70. The molecule has 118 valence electrons. The van der Waals surface area contributed by atoms with Crippen LogP contribution in [0.4, 0.5) is 13.2 Å². The zero-order valence-electron chi connectivity index (χ0n) is 10.8. The molecule has 0 amide bonds. The van der Waals surface area contributed by atoms with E-state index in [1.54, 1.807) is 24.3 Å². The first-order chi connectivity index (χ1) is 9.71. The number of rotatable bonds is 4. The smallest absolute Gasteiger partial charge is 0.212 e. The Kier molecular flexibility index (Phi) is 5.12. The second kappa shape index (κ2) is 6.36. The van der Waals surface area contributed by atoms with Crippen molar-refractivity contribution in [2.75, 3.05) is 18.1 Å². The second-order valence-electron chi connectivity index (χ2n) is 4.54. The SMILES string of the molecule is O=S(=O)(CCC(F)(F)F)N1CCSC1c1ccccc1Cl. The maximum atomic E-state index is 12.2. The van der Waals surface area contributed by atoms with Crippen LogP contribution < -0.4 is 0 Å². The molecule has 1 fully saturated rings. The third-order valence-corrected chi connectivity index (χ3v) is 6.57. The number of benzene rings is 1. The van der Waals surface area contributed by atoms with Gasteiger partial charge in [-0.1, -0.05) is 29.8 Å². The molecule has 1 unspecified atom stereocenters. The van der Waals surface area contributed by atoms with Crippen molar-refractivity contribution in [3.63, 3.8) is 0 Å². The summed E-state index contributed by atoms with van der Waals surface area (Å²) in [5.74, 6) is -0.404. The van der Waals surface area contributed by atoms with Crippen molar-refractivity contribution in [2.24, 2.45) is 0 Å². The Bertz CT molecular complexity index is 607. The predicted molar refractivity (Wildman–Crippen MR) is 77.8 cm³/mol. The van der Waals surface area contributed by atoms with Crippen LogP contribution in [0.25, 0.3) is 0 Å². The van der Waals surface area contributed by atoms with E-state index < -0.39 is 33.7 Å². The lowest BCUT2D eigenvalue weighted by Gasteiger charge is -2.24. The van der Waals surface area contributed by atoms with Gasteiger partial charge in [0.1, 0.15) is 0 Å². The fourth-order valence-electron chi connectivity index (χ4n) is 2.02. The molecule has 0 bridgehead atoms. The van der Waals surface area contributed by atoms with Gasteiger partial charge < -0.3 is 0 Å². The minimum absolute atomic E-state index is 0.195. The van der Waals surface area contributed by atoms with Gasteiger partial charge in [-0.15, -0.1) is 11.8 Å². The monoisotopic (exact) mass is 359 g/mol. The normalized spacial score (nSPS) is 20.9. The molecule has 0 spiro atoms. The number of sulfonamides is 1. The van der Waals surface area contributed by atoms with Crippen LogP contribution in [0.1, 0.15) is 17.4 Å². The molecule has 1 aromatic rings. The lowest BCUT2D eigenvalue weighted by molar-refractivity contribution is -0.130. The van der Waals surface area contributed by atoms with Crippen molar-refractivity contribution in [1.29, 1.82) is 0 Å². The van der Waals surface area contributed by atoms with E-state index in [2.05, 4.69) is 0 Å². The van der Waals surface area contributed by atoms with Gasteiger partial charge in [0.15, 0.2) is 0 Å². The summed E-state index contributed by atoms with van der Waals surface area (Å²) in [7, 11) is -3.97. The molecule has 1 aliphatic heterocycles. The molecule has 1 saturated heterocycles. The fraction of sp³-hybridized carbons (Fsp3) is 0.500.